The van der Waals surface area contributed by atoms with Gasteiger partial charge in [-0.3, -0.25) is 0 Å². The number of aliphatic hydroxyl groups is 1. The van der Waals surface area contributed by atoms with Gasteiger partial charge in [-0.1, -0.05) is 56.3 Å². The molecular formula is C32H33F3N4O. The molecule has 40 heavy (non-hydrogen) atoms. The molecule has 1 aliphatic rings. The van der Waals surface area contributed by atoms with Gasteiger partial charge in [0.2, 0.25) is 0 Å². The van der Waals surface area contributed by atoms with Crippen LogP contribution in [-0.2, 0) is 11.8 Å². The highest BCUT2D eigenvalue weighted by Crippen LogP contribution is 2.44. The normalized spacial score (nSPS) is 16.1. The summed E-state index contributed by atoms with van der Waals surface area (Å²) in [5.74, 6) is 0.822. The standard InChI is InChI=1S/C32H33F3N4O/c1-30(2,25-11-8-10-22(15-25)27-12-5-4-9-23(27)19-36)21-31(40,32(33,34)35)18-26-16-24-17-29(37-20-28(24)38-26)39-13-6-3-7-14-39/h4-5,8-12,15-17,20,38,40H,3,6-7,13-14,18,21H2,1-2H3. The largest absolute Gasteiger partial charge is 0.417 e. The van der Waals surface area contributed by atoms with E-state index in [2.05, 4.69) is 20.9 Å². The van der Waals surface area contributed by atoms with E-state index in [-0.39, 0.29) is 0 Å². The molecule has 2 aromatic heterocycles. The zero-order valence-electron chi connectivity index (χ0n) is 22.7. The molecule has 8 heteroatoms. The first-order valence-electron chi connectivity index (χ1n) is 13.6. The average molecular weight is 547 g/mol. The van der Waals surface area contributed by atoms with Crippen LogP contribution in [0.2, 0.25) is 0 Å². The van der Waals surface area contributed by atoms with Gasteiger partial charge in [0.15, 0.2) is 5.60 Å². The number of halogens is 3. The monoisotopic (exact) mass is 546 g/mol. The number of nitrogens with zero attached hydrogens (tertiary/aromatic N) is 3. The molecule has 2 N–H and O–H groups in total. The van der Waals surface area contributed by atoms with Crippen molar-refractivity contribution in [3.8, 4) is 17.2 Å². The molecule has 0 saturated carbocycles. The van der Waals surface area contributed by atoms with Crippen LogP contribution in [0, 0.1) is 11.3 Å². The summed E-state index contributed by atoms with van der Waals surface area (Å²) in [5, 5.41) is 21.5. The van der Waals surface area contributed by atoms with Gasteiger partial charge in [0.1, 0.15) is 5.82 Å². The summed E-state index contributed by atoms with van der Waals surface area (Å²) in [6, 6.07) is 20.1. The number of nitriles is 1. The minimum Gasteiger partial charge on any atom is -0.380 e. The molecule has 0 bridgehead atoms. The molecule has 208 valence electrons. The second kappa shape index (κ2) is 10.6. The van der Waals surface area contributed by atoms with Crippen LogP contribution < -0.4 is 4.90 Å². The highest BCUT2D eigenvalue weighted by Gasteiger charge is 2.56. The van der Waals surface area contributed by atoms with Crippen LogP contribution in [0.15, 0.2) is 66.9 Å². The number of aromatic nitrogens is 2. The van der Waals surface area contributed by atoms with Crippen molar-refractivity contribution < 1.29 is 18.3 Å². The summed E-state index contributed by atoms with van der Waals surface area (Å²) in [7, 11) is 0. The summed E-state index contributed by atoms with van der Waals surface area (Å²) in [4.78, 5) is 9.78. The second-order valence-electron chi connectivity index (χ2n) is 11.5. The smallest absolute Gasteiger partial charge is 0.380 e. The lowest BCUT2D eigenvalue weighted by molar-refractivity contribution is -0.266. The highest BCUT2D eigenvalue weighted by molar-refractivity contribution is 5.82. The number of rotatable bonds is 7. The predicted octanol–water partition coefficient (Wildman–Crippen LogP) is 7.30. The van der Waals surface area contributed by atoms with Crippen molar-refractivity contribution in [1.29, 1.82) is 5.26 Å². The van der Waals surface area contributed by atoms with E-state index in [9.17, 15) is 23.5 Å². The second-order valence-corrected chi connectivity index (χ2v) is 11.5. The summed E-state index contributed by atoms with van der Waals surface area (Å²) >= 11 is 0. The Labute approximate surface area is 232 Å². The highest BCUT2D eigenvalue weighted by atomic mass is 19.4. The van der Waals surface area contributed by atoms with Gasteiger partial charge in [-0.25, -0.2) is 4.98 Å². The van der Waals surface area contributed by atoms with Crippen LogP contribution in [-0.4, -0.2) is 39.9 Å². The van der Waals surface area contributed by atoms with E-state index in [1.54, 1.807) is 50.4 Å². The van der Waals surface area contributed by atoms with Crippen molar-refractivity contribution in [1.82, 2.24) is 9.97 Å². The van der Waals surface area contributed by atoms with Crippen molar-refractivity contribution in [2.75, 3.05) is 18.0 Å². The average Bonchev–Trinajstić information content (AvgIpc) is 3.34. The Kier molecular flexibility index (Phi) is 7.36. The maximum atomic E-state index is 14.5. The van der Waals surface area contributed by atoms with E-state index in [0.29, 0.717) is 27.9 Å². The molecule has 1 saturated heterocycles. The quantitative estimate of drug-likeness (QED) is 0.255. The van der Waals surface area contributed by atoms with Crippen molar-refractivity contribution in [3.63, 3.8) is 0 Å². The van der Waals surface area contributed by atoms with Gasteiger partial charge < -0.3 is 15.0 Å². The van der Waals surface area contributed by atoms with Gasteiger partial charge in [-0.15, -0.1) is 0 Å². The van der Waals surface area contributed by atoms with E-state index in [4.69, 9.17) is 0 Å². The third-order valence-corrected chi connectivity index (χ3v) is 7.97. The minimum absolute atomic E-state index is 0.305. The molecule has 0 amide bonds. The lowest BCUT2D eigenvalue weighted by Crippen LogP contribution is -2.50. The molecular weight excluding hydrogens is 513 g/mol. The van der Waals surface area contributed by atoms with Gasteiger partial charge in [0.25, 0.3) is 0 Å². The maximum absolute atomic E-state index is 14.5. The fourth-order valence-electron chi connectivity index (χ4n) is 5.82. The first kappa shape index (κ1) is 27.7. The molecule has 0 aliphatic carbocycles. The van der Waals surface area contributed by atoms with Crippen LogP contribution in [0.3, 0.4) is 0 Å². The van der Waals surface area contributed by atoms with E-state index in [0.717, 1.165) is 42.7 Å². The van der Waals surface area contributed by atoms with Gasteiger partial charge in [-0.05, 0) is 66.0 Å². The number of alkyl halides is 3. The number of fused-ring (bicyclic) bond motifs is 1. The zero-order chi connectivity index (χ0) is 28.5. The number of benzene rings is 2. The van der Waals surface area contributed by atoms with Crippen LogP contribution in [0.1, 0.15) is 56.4 Å². The Morgan fingerprint density at radius 3 is 2.48 bits per heavy atom. The number of aromatic amines is 1. The van der Waals surface area contributed by atoms with Crippen LogP contribution in [0.25, 0.3) is 22.0 Å². The first-order valence-corrected chi connectivity index (χ1v) is 13.6. The number of nitrogens with one attached hydrogen (secondary N) is 1. The third-order valence-electron chi connectivity index (χ3n) is 7.97. The van der Waals surface area contributed by atoms with Crippen LogP contribution >= 0.6 is 0 Å². The third kappa shape index (κ3) is 5.57. The van der Waals surface area contributed by atoms with Crippen molar-refractivity contribution in [3.05, 3.63) is 83.7 Å². The molecule has 1 atom stereocenters. The number of H-pyrrole nitrogens is 1. The van der Waals surface area contributed by atoms with E-state index < -0.39 is 30.0 Å². The number of hydrogen-bond acceptors (Lipinski definition) is 4. The Morgan fingerprint density at radius 1 is 1.00 bits per heavy atom. The SMILES string of the molecule is CC(C)(CC(O)(Cc1cc2cc(N3CCCCC3)ncc2[nH]1)C(F)(F)F)c1cccc(-c2ccccc2C#N)c1. The molecule has 5 rings (SSSR count). The van der Waals surface area contributed by atoms with Crippen molar-refractivity contribution >= 4 is 16.7 Å². The van der Waals surface area contributed by atoms with E-state index in [1.807, 2.05) is 30.3 Å². The summed E-state index contributed by atoms with van der Waals surface area (Å²) in [6.45, 7) is 5.25. The first-order chi connectivity index (χ1) is 19.0. The fourth-order valence-corrected chi connectivity index (χ4v) is 5.82. The zero-order valence-corrected chi connectivity index (χ0v) is 22.7. The van der Waals surface area contributed by atoms with Crippen molar-refractivity contribution in [2.24, 2.45) is 0 Å². The summed E-state index contributed by atoms with van der Waals surface area (Å²) in [6.07, 6.45) is -0.963. The number of hydrogen-bond donors (Lipinski definition) is 2. The Bertz CT molecular complexity index is 1550. The van der Waals surface area contributed by atoms with Crippen LogP contribution in [0.4, 0.5) is 19.0 Å². The van der Waals surface area contributed by atoms with E-state index >= 15 is 0 Å². The molecule has 0 radical (unpaired) electrons. The topological polar surface area (TPSA) is 75.9 Å². The van der Waals surface area contributed by atoms with E-state index in [1.165, 1.54) is 6.42 Å². The summed E-state index contributed by atoms with van der Waals surface area (Å²) in [5.41, 5.74) is -0.468. The van der Waals surface area contributed by atoms with Gasteiger partial charge in [-0.2, -0.15) is 18.4 Å². The molecule has 1 unspecified atom stereocenters. The van der Waals surface area contributed by atoms with Gasteiger partial charge in [0.05, 0.1) is 23.3 Å². The molecule has 2 aromatic carbocycles. The van der Waals surface area contributed by atoms with Gasteiger partial charge in [0, 0.05) is 30.6 Å². The predicted molar refractivity (Wildman–Crippen MR) is 151 cm³/mol. The molecule has 5 nitrogen and oxygen atoms in total. The lowest BCUT2D eigenvalue weighted by Gasteiger charge is -2.38. The van der Waals surface area contributed by atoms with Crippen LogP contribution in [0.5, 0.6) is 0 Å². The fraction of sp³-hybridized carbons (Fsp3) is 0.375. The molecule has 1 aliphatic heterocycles. The minimum atomic E-state index is -4.86. The number of piperidine rings is 1. The maximum Gasteiger partial charge on any atom is 0.417 e. The molecule has 3 heterocycles. The Morgan fingerprint density at radius 2 is 1.75 bits per heavy atom. The molecule has 4 aromatic rings. The number of anilines is 1. The molecule has 0 spiro atoms. The molecule has 1 fully saturated rings. The Balaban J connectivity index is 1.43. The Hall–Kier alpha value is -3.83. The van der Waals surface area contributed by atoms with Gasteiger partial charge >= 0.3 is 6.18 Å². The van der Waals surface area contributed by atoms with Crippen molar-refractivity contribution in [2.45, 2.75) is 63.1 Å². The lowest BCUT2D eigenvalue weighted by atomic mass is 9.73. The summed E-state index contributed by atoms with van der Waals surface area (Å²) < 4.78 is 43.6. The number of pyridine rings is 1.